The third-order valence-electron chi connectivity index (χ3n) is 7.01. The molecule has 8 heteroatoms. The van der Waals surface area contributed by atoms with Gasteiger partial charge in [-0.1, -0.05) is 110 Å². The van der Waals surface area contributed by atoms with Gasteiger partial charge in [0.05, 0.1) is 11.9 Å². The van der Waals surface area contributed by atoms with E-state index in [0.717, 1.165) is 45.3 Å². The van der Waals surface area contributed by atoms with E-state index in [1.54, 1.807) is 12.1 Å². The standard InChI is InChI=1S/C33H37N3O4S/c1-3-4-22-34-33(38)31(23-26-14-7-5-8-15-26)35(24-27-16-9-6-10-17-27)32(37)25-36(41(2,39)40)30-21-13-19-28-18-11-12-20-29(28)30/h5-21,31H,3-4,22-25H2,1-2H3,(H,34,38)/t31-/m1/s1. The van der Waals surface area contributed by atoms with Gasteiger partial charge in [-0.2, -0.15) is 0 Å². The van der Waals surface area contributed by atoms with Gasteiger partial charge < -0.3 is 10.2 Å². The molecule has 1 N–H and O–H groups in total. The van der Waals surface area contributed by atoms with Crippen molar-refractivity contribution >= 4 is 38.3 Å². The van der Waals surface area contributed by atoms with Crippen molar-refractivity contribution in [1.29, 1.82) is 0 Å². The van der Waals surface area contributed by atoms with Crippen LogP contribution in [-0.4, -0.2) is 50.5 Å². The van der Waals surface area contributed by atoms with Crippen LogP contribution in [0.4, 0.5) is 5.69 Å². The first-order valence-electron chi connectivity index (χ1n) is 13.9. The fourth-order valence-electron chi connectivity index (χ4n) is 4.86. The van der Waals surface area contributed by atoms with E-state index in [1.807, 2.05) is 97.9 Å². The highest BCUT2D eigenvalue weighted by atomic mass is 32.2. The van der Waals surface area contributed by atoms with Gasteiger partial charge in [-0.25, -0.2) is 8.42 Å². The number of nitrogens with one attached hydrogen (secondary N) is 1. The van der Waals surface area contributed by atoms with E-state index >= 15 is 0 Å². The number of fused-ring (bicyclic) bond motifs is 1. The Balaban J connectivity index is 1.75. The summed E-state index contributed by atoms with van der Waals surface area (Å²) in [6.07, 6.45) is 3.14. The van der Waals surface area contributed by atoms with E-state index < -0.39 is 28.5 Å². The number of carbonyl (C=O) groups is 2. The minimum Gasteiger partial charge on any atom is -0.354 e. The second-order valence-corrected chi connectivity index (χ2v) is 12.0. The van der Waals surface area contributed by atoms with E-state index in [2.05, 4.69) is 5.32 Å². The Kier molecular flexibility index (Phi) is 10.1. The lowest BCUT2D eigenvalue weighted by atomic mass is 10.0. The molecule has 0 aliphatic heterocycles. The van der Waals surface area contributed by atoms with Crippen molar-refractivity contribution in [3.05, 3.63) is 114 Å². The van der Waals surface area contributed by atoms with Crippen LogP contribution in [0.5, 0.6) is 0 Å². The lowest BCUT2D eigenvalue weighted by molar-refractivity contribution is -0.140. The predicted octanol–water partition coefficient (Wildman–Crippen LogP) is 5.16. The minimum atomic E-state index is -3.85. The lowest BCUT2D eigenvalue weighted by Crippen LogP contribution is -2.53. The van der Waals surface area contributed by atoms with E-state index in [1.165, 1.54) is 4.90 Å². The summed E-state index contributed by atoms with van der Waals surface area (Å²) in [5.41, 5.74) is 2.17. The summed E-state index contributed by atoms with van der Waals surface area (Å²) in [5, 5.41) is 4.59. The van der Waals surface area contributed by atoms with Crippen molar-refractivity contribution in [1.82, 2.24) is 10.2 Å². The summed E-state index contributed by atoms with van der Waals surface area (Å²) >= 11 is 0. The van der Waals surface area contributed by atoms with Crippen LogP contribution in [0.3, 0.4) is 0 Å². The predicted molar refractivity (Wildman–Crippen MR) is 165 cm³/mol. The highest BCUT2D eigenvalue weighted by Gasteiger charge is 2.33. The van der Waals surface area contributed by atoms with Gasteiger partial charge in [-0.15, -0.1) is 0 Å². The molecule has 0 fully saturated rings. The normalized spacial score (nSPS) is 12.0. The number of anilines is 1. The number of rotatable bonds is 13. The van der Waals surface area contributed by atoms with Crippen molar-refractivity contribution in [2.24, 2.45) is 0 Å². The quantitative estimate of drug-likeness (QED) is 0.225. The molecule has 0 heterocycles. The second kappa shape index (κ2) is 13.9. The van der Waals surface area contributed by atoms with Gasteiger partial charge in [0.2, 0.25) is 21.8 Å². The molecule has 4 aromatic carbocycles. The van der Waals surface area contributed by atoms with Crippen LogP contribution in [0.25, 0.3) is 10.8 Å². The zero-order valence-electron chi connectivity index (χ0n) is 23.6. The lowest BCUT2D eigenvalue weighted by Gasteiger charge is -2.33. The van der Waals surface area contributed by atoms with Crippen molar-refractivity contribution in [2.45, 2.75) is 38.8 Å². The first-order valence-corrected chi connectivity index (χ1v) is 15.7. The summed E-state index contributed by atoms with van der Waals surface area (Å²) in [5.74, 6) is -0.721. The summed E-state index contributed by atoms with van der Waals surface area (Å²) in [6, 6.07) is 31.0. The van der Waals surface area contributed by atoms with Crippen LogP contribution in [0.1, 0.15) is 30.9 Å². The molecule has 4 rings (SSSR count). The molecular weight excluding hydrogens is 534 g/mol. The van der Waals surface area contributed by atoms with Gasteiger partial charge in [0.1, 0.15) is 12.6 Å². The van der Waals surface area contributed by atoms with Crippen LogP contribution in [-0.2, 0) is 32.6 Å². The van der Waals surface area contributed by atoms with Gasteiger partial charge in [-0.05, 0) is 29.0 Å². The highest BCUT2D eigenvalue weighted by Crippen LogP contribution is 2.29. The average Bonchev–Trinajstić information content (AvgIpc) is 2.98. The zero-order chi connectivity index (χ0) is 29.2. The number of sulfonamides is 1. The SMILES string of the molecule is CCCCNC(=O)[C@@H](Cc1ccccc1)N(Cc1ccccc1)C(=O)CN(c1cccc2ccccc12)S(C)(=O)=O. The molecule has 2 amide bonds. The van der Waals surface area contributed by atoms with E-state index in [0.29, 0.717) is 18.7 Å². The van der Waals surface area contributed by atoms with E-state index in [-0.39, 0.29) is 12.5 Å². The molecule has 0 aliphatic rings. The molecule has 214 valence electrons. The molecule has 0 aliphatic carbocycles. The maximum absolute atomic E-state index is 14.2. The smallest absolute Gasteiger partial charge is 0.244 e. The monoisotopic (exact) mass is 571 g/mol. The number of amides is 2. The first kappa shape index (κ1) is 29.8. The Hall–Kier alpha value is -4.17. The van der Waals surface area contributed by atoms with E-state index in [9.17, 15) is 18.0 Å². The Morgan fingerprint density at radius 1 is 0.805 bits per heavy atom. The largest absolute Gasteiger partial charge is 0.354 e. The zero-order valence-corrected chi connectivity index (χ0v) is 24.4. The molecule has 0 saturated carbocycles. The van der Waals surface area contributed by atoms with Crippen molar-refractivity contribution in [3.8, 4) is 0 Å². The average molecular weight is 572 g/mol. The van der Waals surface area contributed by atoms with Gasteiger partial charge in [0.15, 0.2) is 0 Å². The Morgan fingerprint density at radius 2 is 1.41 bits per heavy atom. The number of unbranched alkanes of at least 4 members (excludes halogenated alkanes) is 1. The molecule has 0 aromatic heterocycles. The summed E-state index contributed by atoms with van der Waals surface area (Å²) in [4.78, 5) is 29.4. The molecular formula is C33H37N3O4S. The minimum absolute atomic E-state index is 0.158. The Labute approximate surface area is 242 Å². The molecule has 0 saturated heterocycles. The van der Waals surface area contributed by atoms with Gasteiger partial charge >= 0.3 is 0 Å². The second-order valence-electron chi connectivity index (χ2n) is 10.1. The van der Waals surface area contributed by atoms with Crippen LogP contribution in [0, 0.1) is 0 Å². The maximum atomic E-state index is 14.2. The number of nitrogens with zero attached hydrogens (tertiary/aromatic N) is 2. The fourth-order valence-corrected chi connectivity index (χ4v) is 5.72. The summed E-state index contributed by atoms with van der Waals surface area (Å²) in [7, 11) is -3.85. The molecule has 41 heavy (non-hydrogen) atoms. The van der Waals surface area contributed by atoms with Crippen LogP contribution >= 0.6 is 0 Å². The van der Waals surface area contributed by atoms with Crippen molar-refractivity contribution < 1.29 is 18.0 Å². The first-order chi connectivity index (χ1) is 19.8. The summed E-state index contributed by atoms with van der Waals surface area (Å²) in [6.45, 7) is 2.27. The summed E-state index contributed by atoms with van der Waals surface area (Å²) < 4.78 is 27.4. The molecule has 4 aromatic rings. The molecule has 0 spiro atoms. The molecule has 1 atom stereocenters. The maximum Gasteiger partial charge on any atom is 0.244 e. The van der Waals surface area contributed by atoms with Crippen LogP contribution in [0.2, 0.25) is 0 Å². The molecule has 0 bridgehead atoms. The Morgan fingerprint density at radius 3 is 2.07 bits per heavy atom. The number of hydrogen-bond donors (Lipinski definition) is 1. The molecule has 0 radical (unpaired) electrons. The highest BCUT2D eigenvalue weighted by molar-refractivity contribution is 7.92. The molecule has 7 nitrogen and oxygen atoms in total. The van der Waals surface area contributed by atoms with Crippen LogP contribution < -0.4 is 9.62 Å². The fraction of sp³-hybridized carbons (Fsp3) is 0.273. The number of carbonyl (C=O) groups excluding carboxylic acids is 2. The van der Waals surface area contributed by atoms with Crippen LogP contribution in [0.15, 0.2) is 103 Å². The van der Waals surface area contributed by atoms with Gasteiger partial charge in [-0.3, -0.25) is 13.9 Å². The van der Waals surface area contributed by atoms with Gasteiger partial charge in [0.25, 0.3) is 0 Å². The topological polar surface area (TPSA) is 86.8 Å². The van der Waals surface area contributed by atoms with Crippen molar-refractivity contribution in [2.75, 3.05) is 23.7 Å². The third kappa shape index (κ3) is 7.95. The number of benzene rings is 4. The number of hydrogen-bond acceptors (Lipinski definition) is 4. The molecule has 0 unspecified atom stereocenters. The van der Waals surface area contributed by atoms with E-state index in [4.69, 9.17) is 0 Å². The van der Waals surface area contributed by atoms with Gasteiger partial charge in [0, 0.05) is 24.9 Å². The Bertz CT molecular complexity index is 1550. The van der Waals surface area contributed by atoms with Crippen molar-refractivity contribution in [3.63, 3.8) is 0 Å². The third-order valence-corrected chi connectivity index (χ3v) is 8.14.